The topological polar surface area (TPSA) is 79.8 Å². The molecule has 0 aliphatic heterocycles. The zero-order valence-electron chi connectivity index (χ0n) is 20.2. The summed E-state index contributed by atoms with van der Waals surface area (Å²) in [5, 5.41) is 6.86. The van der Waals surface area contributed by atoms with Gasteiger partial charge in [0.15, 0.2) is 6.61 Å². The van der Waals surface area contributed by atoms with Crippen molar-refractivity contribution in [3.05, 3.63) is 131 Å². The molecule has 0 heterocycles. The van der Waals surface area contributed by atoms with E-state index in [9.17, 15) is 9.59 Å². The predicted molar refractivity (Wildman–Crippen MR) is 148 cm³/mol. The highest BCUT2D eigenvalue weighted by Gasteiger charge is 2.05. The van der Waals surface area contributed by atoms with Crippen molar-refractivity contribution in [2.24, 2.45) is 5.10 Å². The molecule has 2 N–H and O–H groups in total. The van der Waals surface area contributed by atoms with E-state index >= 15 is 0 Å². The lowest BCUT2D eigenvalue weighted by molar-refractivity contribution is -0.123. The quantitative estimate of drug-likeness (QED) is 0.160. The van der Waals surface area contributed by atoms with Gasteiger partial charge in [-0.2, -0.15) is 5.10 Å². The summed E-state index contributed by atoms with van der Waals surface area (Å²) in [6, 6.07) is 34.5. The van der Waals surface area contributed by atoms with Crippen LogP contribution in [0.5, 0.6) is 5.75 Å². The lowest BCUT2D eigenvalue weighted by Gasteiger charge is -2.08. The SMILES string of the molecule is O=C(COc1ccc(/C=N\NC(=O)c2ccc(CSc3ccccc3)cc2)cc1)NCc1ccccc1. The molecular weight excluding hydrogens is 482 g/mol. The number of nitrogens with one attached hydrogen (secondary N) is 2. The fourth-order valence-electron chi connectivity index (χ4n) is 3.31. The summed E-state index contributed by atoms with van der Waals surface area (Å²) in [6.45, 7) is 0.391. The molecule has 186 valence electrons. The predicted octanol–water partition coefficient (Wildman–Crippen LogP) is 5.44. The van der Waals surface area contributed by atoms with Crippen molar-refractivity contribution in [2.45, 2.75) is 17.2 Å². The molecule has 7 heteroatoms. The first-order valence-electron chi connectivity index (χ1n) is 11.8. The monoisotopic (exact) mass is 509 g/mol. The van der Waals surface area contributed by atoms with Crippen molar-refractivity contribution in [3.63, 3.8) is 0 Å². The van der Waals surface area contributed by atoms with Gasteiger partial charge in [0, 0.05) is 22.8 Å². The highest BCUT2D eigenvalue weighted by Crippen LogP contribution is 2.22. The van der Waals surface area contributed by atoms with Crippen molar-refractivity contribution >= 4 is 29.8 Å². The zero-order chi connectivity index (χ0) is 25.7. The minimum atomic E-state index is -0.278. The van der Waals surface area contributed by atoms with Crippen molar-refractivity contribution in [3.8, 4) is 5.75 Å². The van der Waals surface area contributed by atoms with Crippen LogP contribution in [-0.2, 0) is 17.1 Å². The summed E-state index contributed by atoms with van der Waals surface area (Å²) in [6.07, 6.45) is 1.55. The van der Waals surface area contributed by atoms with Crippen molar-refractivity contribution in [1.29, 1.82) is 0 Å². The molecule has 0 atom stereocenters. The minimum absolute atomic E-state index is 0.0694. The summed E-state index contributed by atoms with van der Waals surface area (Å²) >= 11 is 1.75. The van der Waals surface area contributed by atoms with Crippen molar-refractivity contribution in [1.82, 2.24) is 10.7 Å². The first kappa shape index (κ1) is 25.7. The van der Waals surface area contributed by atoms with Crippen LogP contribution in [0.25, 0.3) is 0 Å². The van der Waals surface area contributed by atoms with Gasteiger partial charge in [-0.05, 0) is 65.2 Å². The number of rotatable bonds is 11. The molecule has 0 fully saturated rings. The van der Waals surface area contributed by atoms with Crippen molar-refractivity contribution in [2.75, 3.05) is 6.61 Å². The summed E-state index contributed by atoms with van der Waals surface area (Å²) in [5.74, 6) is 0.934. The molecule has 0 aliphatic rings. The molecule has 37 heavy (non-hydrogen) atoms. The molecule has 0 bridgehead atoms. The van der Waals surface area contributed by atoms with Crippen LogP contribution < -0.4 is 15.5 Å². The van der Waals surface area contributed by atoms with E-state index in [1.54, 1.807) is 54.4 Å². The molecule has 6 nitrogen and oxygen atoms in total. The second-order valence-electron chi connectivity index (χ2n) is 8.12. The van der Waals surface area contributed by atoms with Gasteiger partial charge in [0.05, 0.1) is 6.21 Å². The summed E-state index contributed by atoms with van der Waals surface area (Å²) in [5.41, 5.74) is 6.05. The second-order valence-corrected chi connectivity index (χ2v) is 9.17. The Morgan fingerprint density at radius 3 is 2.16 bits per heavy atom. The average molecular weight is 510 g/mol. The molecule has 0 aromatic heterocycles. The Morgan fingerprint density at radius 2 is 1.46 bits per heavy atom. The van der Waals surface area contributed by atoms with Gasteiger partial charge in [0.25, 0.3) is 11.8 Å². The van der Waals surface area contributed by atoms with Gasteiger partial charge in [0.1, 0.15) is 5.75 Å². The lowest BCUT2D eigenvalue weighted by Crippen LogP contribution is -2.28. The molecule has 4 aromatic rings. The third-order valence-electron chi connectivity index (χ3n) is 5.33. The number of ether oxygens (including phenoxy) is 1. The lowest BCUT2D eigenvalue weighted by atomic mass is 10.1. The van der Waals surface area contributed by atoms with Crippen LogP contribution in [0.15, 0.2) is 119 Å². The largest absolute Gasteiger partial charge is 0.484 e. The number of nitrogens with zero attached hydrogens (tertiary/aromatic N) is 1. The van der Waals surface area contributed by atoms with Gasteiger partial charge in [-0.25, -0.2) is 5.43 Å². The Morgan fingerprint density at radius 1 is 0.784 bits per heavy atom. The van der Waals surface area contributed by atoms with E-state index in [2.05, 4.69) is 28.0 Å². The number of thioether (sulfide) groups is 1. The molecular formula is C30H27N3O3S. The Kier molecular flexibility index (Phi) is 9.49. The van der Waals surface area contributed by atoms with Gasteiger partial charge >= 0.3 is 0 Å². The molecule has 2 amide bonds. The third-order valence-corrected chi connectivity index (χ3v) is 6.41. The number of hydrazone groups is 1. The van der Waals surface area contributed by atoms with Crippen LogP contribution >= 0.6 is 11.8 Å². The first-order valence-corrected chi connectivity index (χ1v) is 12.8. The maximum Gasteiger partial charge on any atom is 0.271 e. The Hall–Kier alpha value is -4.36. The number of carbonyl (C=O) groups excluding carboxylic acids is 2. The van der Waals surface area contributed by atoms with Gasteiger partial charge in [-0.3, -0.25) is 9.59 Å². The number of carbonyl (C=O) groups is 2. The summed E-state index contributed by atoms with van der Waals surface area (Å²) < 4.78 is 5.54. The molecule has 0 radical (unpaired) electrons. The third kappa shape index (κ3) is 8.66. The number of hydrogen-bond acceptors (Lipinski definition) is 5. The van der Waals surface area contributed by atoms with Crippen LogP contribution in [-0.4, -0.2) is 24.6 Å². The van der Waals surface area contributed by atoms with Crippen LogP contribution in [0.4, 0.5) is 0 Å². The Balaban J connectivity index is 1.18. The van der Waals surface area contributed by atoms with E-state index in [1.807, 2.05) is 60.7 Å². The zero-order valence-corrected chi connectivity index (χ0v) is 21.0. The second kappa shape index (κ2) is 13.7. The van der Waals surface area contributed by atoms with Crippen LogP contribution in [0.1, 0.15) is 27.0 Å². The maximum absolute atomic E-state index is 12.4. The molecule has 0 saturated carbocycles. The van der Waals surface area contributed by atoms with Crippen molar-refractivity contribution < 1.29 is 14.3 Å². The standard InChI is InChI=1S/C30H27N3O3S/c34-29(31-19-23-7-3-1-4-8-23)21-36-27-17-13-24(14-18-27)20-32-33-30(35)26-15-11-25(12-16-26)22-37-28-9-5-2-6-10-28/h1-18,20H,19,21-22H2,(H,31,34)(H,33,35)/b32-20-. The van der Waals surface area contributed by atoms with E-state index in [1.165, 1.54) is 4.90 Å². The highest BCUT2D eigenvalue weighted by molar-refractivity contribution is 7.98. The number of hydrogen-bond donors (Lipinski definition) is 2. The molecule has 0 spiro atoms. The van der Waals surface area contributed by atoms with E-state index in [0.717, 1.165) is 22.4 Å². The van der Waals surface area contributed by atoms with Gasteiger partial charge < -0.3 is 10.1 Å². The minimum Gasteiger partial charge on any atom is -0.484 e. The summed E-state index contributed by atoms with van der Waals surface area (Å²) in [7, 11) is 0. The van der Waals surface area contributed by atoms with E-state index < -0.39 is 0 Å². The number of amides is 2. The van der Waals surface area contributed by atoms with Crippen LogP contribution in [0.2, 0.25) is 0 Å². The van der Waals surface area contributed by atoms with Gasteiger partial charge in [-0.15, -0.1) is 11.8 Å². The average Bonchev–Trinajstić information content (AvgIpc) is 2.96. The Labute approximate surface area is 220 Å². The van der Waals surface area contributed by atoms with Gasteiger partial charge in [0.2, 0.25) is 0 Å². The van der Waals surface area contributed by atoms with E-state index in [4.69, 9.17) is 4.74 Å². The first-order chi connectivity index (χ1) is 18.2. The Bertz CT molecular complexity index is 1310. The molecule has 0 unspecified atom stereocenters. The number of benzene rings is 4. The highest BCUT2D eigenvalue weighted by atomic mass is 32.2. The van der Waals surface area contributed by atoms with Crippen LogP contribution in [0, 0.1) is 0 Å². The fourth-order valence-corrected chi connectivity index (χ4v) is 4.19. The molecule has 0 aliphatic carbocycles. The fraction of sp³-hybridized carbons (Fsp3) is 0.100. The molecule has 4 rings (SSSR count). The molecule has 0 saturated heterocycles. The van der Waals surface area contributed by atoms with Gasteiger partial charge in [-0.1, -0.05) is 60.7 Å². The summed E-state index contributed by atoms with van der Waals surface area (Å²) in [4.78, 5) is 25.6. The maximum atomic E-state index is 12.4. The normalized spacial score (nSPS) is 10.7. The van der Waals surface area contributed by atoms with E-state index in [-0.39, 0.29) is 18.4 Å². The van der Waals surface area contributed by atoms with Crippen LogP contribution in [0.3, 0.4) is 0 Å². The smallest absolute Gasteiger partial charge is 0.271 e. The molecule has 4 aromatic carbocycles. The van der Waals surface area contributed by atoms with E-state index in [0.29, 0.717) is 17.9 Å².